The van der Waals surface area contributed by atoms with Crippen molar-refractivity contribution < 1.29 is 4.74 Å². The highest BCUT2D eigenvalue weighted by Crippen LogP contribution is 2.09. The molecule has 0 aliphatic heterocycles. The van der Waals surface area contributed by atoms with Crippen LogP contribution in [0.15, 0.2) is 30.6 Å². The first kappa shape index (κ1) is 11.8. The Hall–Kier alpha value is -1.72. The van der Waals surface area contributed by atoms with Crippen LogP contribution in [0.2, 0.25) is 0 Å². The molecular weight excluding hydrogens is 216 g/mol. The fourth-order valence-electron chi connectivity index (χ4n) is 1.66. The summed E-state index contributed by atoms with van der Waals surface area (Å²) in [6.45, 7) is 2.11. The van der Waals surface area contributed by atoms with Crippen molar-refractivity contribution in [3.63, 3.8) is 0 Å². The van der Waals surface area contributed by atoms with Crippen LogP contribution in [0.5, 0.6) is 0 Å². The molecule has 2 N–H and O–H groups in total. The molecule has 0 saturated carbocycles. The Morgan fingerprint density at radius 1 is 1.24 bits per heavy atom. The van der Waals surface area contributed by atoms with E-state index in [2.05, 4.69) is 32.6 Å². The lowest BCUT2D eigenvalue weighted by atomic mass is 10.1. The van der Waals surface area contributed by atoms with Crippen molar-refractivity contribution >= 4 is 0 Å². The minimum atomic E-state index is 0.639. The van der Waals surface area contributed by atoms with Gasteiger partial charge < -0.3 is 10.1 Å². The number of benzene rings is 1. The van der Waals surface area contributed by atoms with E-state index in [-0.39, 0.29) is 0 Å². The van der Waals surface area contributed by atoms with Crippen molar-refractivity contribution in [2.75, 3.05) is 7.11 Å². The Labute approximate surface area is 100 Å². The SMILES string of the molecule is COCc1ccccc1CNCc1ncn[nH]1. The molecule has 1 aromatic heterocycles. The maximum Gasteiger partial charge on any atom is 0.138 e. The molecule has 0 spiro atoms. The molecular formula is C12H16N4O. The van der Waals surface area contributed by atoms with Crippen molar-refractivity contribution in [3.05, 3.63) is 47.5 Å². The predicted molar refractivity (Wildman–Crippen MR) is 64.1 cm³/mol. The summed E-state index contributed by atoms with van der Waals surface area (Å²) >= 11 is 0. The van der Waals surface area contributed by atoms with Gasteiger partial charge in [0.25, 0.3) is 0 Å². The number of rotatable bonds is 6. The molecule has 5 nitrogen and oxygen atoms in total. The van der Waals surface area contributed by atoms with Crippen LogP contribution < -0.4 is 5.32 Å². The quantitative estimate of drug-likeness (QED) is 0.786. The van der Waals surface area contributed by atoms with Gasteiger partial charge in [-0.3, -0.25) is 5.10 Å². The van der Waals surface area contributed by atoms with E-state index in [0.29, 0.717) is 13.2 Å². The van der Waals surface area contributed by atoms with E-state index in [1.807, 2.05) is 12.1 Å². The van der Waals surface area contributed by atoms with Gasteiger partial charge in [-0.1, -0.05) is 24.3 Å². The van der Waals surface area contributed by atoms with E-state index in [0.717, 1.165) is 12.4 Å². The van der Waals surface area contributed by atoms with Crippen molar-refractivity contribution in [1.82, 2.24) is 20.5 Å². The Morgan fingerprint density at radius 2 is 2.06 bits per heavy atom. The third-order valence-corrected chi connectivity index (χ3v) is 2.49. The van der Waals surface area contributed by atoms with Crippen LogP contribution in [0.4, 0.5) is 0 Å². The smallest absolute Gasteiger partial charge is 0.138 e. The molecule has 17 heavy (non-hydrogen) atoms. The fraction of sp³-hybridized carbons (Fsp3) is 0.333. The van der Waals surface area contributed by atoms with E-state index >= 15 is 0 Å². The van der Waals surface area contributed by atoms with E-state index in [9.17, 15) is 0 Å². The third-order valence-electron chi connectivity index (χ3n) is 2.49. The maximum atomic E-state index is 5.16. The summed E-state index contributed by atoms with van der Waals surface area (Å²) in [5.41, 5.74) is 2.45. The fourth-order valence-corrected chi connectivity index (χ4v) is 1.66. The van der Waals surface area contributed by atoms with Gasteiger partial charge in [-0.15, -0.1) is 0 Å². The molecule has 0 aliphatic rings. The summed E-state index contributed by atoms with van der Waals surface area (Å²) in [5.74, 6) is 0.842. The lowest BCUT2D eigenvalue weighted by Gasteiger charge is -2.09. The van der Waals surface area contributed by atoms with Gasteiger partial charge in [0.2, 0.25) is 0 Å². The lowest BCUT2D eigenvalue weighted by molar-refractivity contribution is 0.184. The number of ether oxygens (including phenoxy) is 1. The zero-order valence-electron chi connectivity index (χ0n) is 9.81. The molecule has 5 heteroatoms. The molecule has 0 amide bonds. The van der Waals surface area contributed by atoms with Crippen LogP contribution in [-0.2, 0) is 24.4 Å². The van der Waals surface area contributed by atoms with E-state index in [4.69, 9.17) is 4.74 Å². The number of aromatic amines is 1. The monoisotopic (exact) mass is 232 g/mol. The Kier molecular flexibility index (Phi) is 4.23. The van der Waals surface area contributed by atoms with Crippen molar-refractivity contribution in [2.24, 2.45) is 0 Å². The van der Waals surface area contributed by atoms with Gasteiger partial charge >= 0.3 is 0 Å². The summed E-state index contributed by atoms with van der Waals surface area (Å²) in [5, 5.41) is 9.93. The summed E-state index contributed by atoms with van der Waals surface area (Å²) in [4.78, 5) is 4.05. The van der Waals surface area contributed by atoms with Gasteiger partial charge in [0.1, 0.15) is 12.2 Å². The first-order chi connectivity index (χ1) is 8.40. The number of nitrogens with one attached hydrogen (secondary N) is 2. The second kappa shape index (κ2) is 6.12. The van der Waals surface area contributed by atoms with E-state index in [1.165, 1.54) is 17.5 Å². The number of aromatic nitrogens is 3. The third kappa shape index (κ3) is 3.37. The van der Waals surface area contributed by atoms with Crippen LogP contribution in [0, 0.1) is 0 Å². The average molecular weight is 232 g/mol. The molecule has 0 fully saturated rings. The summed E-state index contributed by atoms with van der Waals surface area (Å²) in [6.07, 6.45) is 1.51. The van der Waals surface area contributed by atoms with Gasteiger partial charge in [0.05, 0.1) is 13.2 Å². The van der Waals surface area contributed by atoms with Gasteiger partial charge in [-0.05, 0) is 11.1 Å². The molecule has 2 rings (SSSR count). The standard InChI is InChI=1S/C12H16N4O/c1-17-8-11-5-3-2-4-10(11)6-13-7-12-14-9-15-16-12/h2-5,9,13H,6-8H2,1H3,(H,14,15,16). The highest BCUT2D eigenvalue weighted by Gasteiger charge is 2.01. The average Bonchev–Trinajstić information content (AvgIpc) is 2.85. The minimum Gasteiger partial charge on any atom is -0.380 e. The molecule has 0 radical (unpaired) electrons. The zero-order valence-corrected chi connectivity index (χ0v) is 9.81. The van der Waals surface area contributed by atoms with Crippen molar-refractivity contribution in [3.8, 4) is 0 Å². The van der Waals surface area contributed by atoms with Crippen LogP contribution in [-0.4, -0.2) is 22.3 Å². The molecule has 0 aliphatic carbocycles. The zero-order chi connectivity index (χ0) is 11.9. The molecule has 0 unspecified atom stereocenters. The number of hydrogen-bond acceptors (Lipinski definition) is 4. The first-order valence-electron chi connectivity index (χ1n) is 5.51. The van der Waals surface area contributed by atoms with Gasteiger partial charge in [0.15, 0.2) is 0 Å². The van der Waals surface area contributed by atoms with Crippen LogP contribution in [0.25, 0.3) is 0 Å². The molecule has 0 saturated heterocycles. The highest BCUT2D eigenvalue weighted by molar-refractivity contribution is 5.26. The second-order valence-electron chi connectivity index (χ2n) is 3.74. The molecule has 0 atom stereocenters. The van der Waals surface area contributed by atoms with Crippen molar-refractivity contribution in [1.29, 1.82) is 0 Å². The lowest BCUT2D eigenvalue weighted by Crippen LogP contribution is -2.15. The van der Waals surface area contributed by atoms with Gasteiger partial charge in [-0.25, -0.2) is 4.98 Å². The molecule has 90 valence electrons. The number of hydrogen-bond donors (Lipinski definition) is 2. The van der Waals surface area contributed by atoms with Crippen LogP contribution in [0.3, 0.4) is 0 Å². The van der Waals surface area contributed by atoms with E-state index in [1.54, 1.807) is 7.11 Å². The topological polar surface area (TPSA) is 62.8 Å². The molecule has 1 heterocycles. The summed E-state index contributed by atoms with van der Waals surface area (Å²) in [6, 6.07) is 8.23. The number of H-pyrrole nitrogens is 1. The molecule has 0 bridgehead atoms. The molecule has 2 aromatic rings. The normalized spacial score (nSPS) is 10.6. The summed E-state index contributed by atoms with van der Waals surface area (Å²) in [7, 11) is 1.71. The number of nitrogens with zero attached hydrogens (tertiary/aromatic N) is 2. The van der Waals surface area contributed by atoms with Crippen LogP contribution in [0.1, 0.15) is 17.0 Å². The van der Waals surface area contributed by atoms with E-state index < -0.39 is 0 Å². The van der Waals surface area contributed by atoms with Gasteiger partial charge in [-0.2, -0.15) is 5.10 Å². The largest absolute Gasteiger partial charge is 0.380 e. The highest BCUT2D eigenvalue weighted by atomic mass is 16.5. The van der Waals surface area contributed by atoms with Crippen molar-refractivity contribution in [2.45, 2.75) is 19.7 Å². The molecule has 1 aromatic carbocycles. The Balaban J connectivity index is 1.89. The number of methoxy groups -OCH3 is 1. The Morgan fingerprint density at radius 3 is 2.76 bits per heavy atom. The maximum absolute atomic E-state index is 5.16. The van der Waals surface area contributed by atoms with Gasteiger partial charge in [0, 0.05) is 13.7 Å². The summed E-state index contributed by atoms with van der Waals surface area (Å²) < 4.78 is 5.16. The minimum absolute atomic E-state index is 0.639. The second-order valence-corrected chi connectivity index (χ2v) is 3.74. The van der Waals surface area contributed by atoms with Crippen LogP contribution >= 0.6 is 0 Å². The predicted octanol–water partition coefficient (Wildman–Crippen LogP) is 1.24. The Bertz CT molecular complexity index is 442. The first-order valence-corrected chi connectivity index (χ1v) is 5.51.